The van der Waals surface area contributed by atoms with Gasteiger partial charge in [0, 0.05) is 42.8 Å². The maximum Gasteiger partial charge on any atom is 0.0642 e. The third-order valence-corrected chi connectivity index (χ3v) is 6.80. The van der Waals surface area contributed by atoms with Crippen molar-refractivity contribution in [3.05, 3.63) is 53.1 Å². The second kappa shape index (κ2) is 9.04. The van der Waals surface area contributed by atoms with Crippen LogP contribution in [0.1, 0.15) is 63.1 Å². The third kappa shape index (κ3) is 4.64. The molecule has 0 saturated carbocycles. The predicted molar refractivity (Wildman–Crippen MR) is 133 cm³/mol. The van der Waals surface area contributed by atoms with Crippen LogP contribution in [0.5, 0.6) is 0 Å². The van der Waals surface area contributed by atoms with Crippen molar-refractivity contribution < 1.29 is 4.74 Å². The summed E-state index contributed by atoms with van der Waals surface area (Å²) in [7, 11) is 0. The molecule has 2 aromatic carbocycles. The molecule has 0 aromatic heterocycles. The number of hydrogen-bond acceptors (Lipinski definition) is 4. The summed E-state index contributed by atoms with van der Waals surface area (Å²) in [4.78, 5) is 9.78. The van der Waals surface area contributed by atoms with Gasteiger partial charge in [-0.1, -0.05) is 13.8 Å². The van der Waals surface area contributed by atoms with E-state index in [9.17, 15) is 0 Å². The van der Waals surface area contributed by atoms with Crippen LogP contribution in [0.4, 0.5) is 17.1 Å². The molecule has 1 atom stereocenters. The molecule has 2 aromatic rings. The van der Waals surface area contributed by atoms with E-state index in [0.717, 1.165) is 38.5 Å². The SMILES string of the molecule is CCCN1c2cc(C)c(C=Nc3ccc(N4CCOCC4)cc3)cc2C(C)CC1(C)C. The fourth-order valence-electron chi connectivity index (χ4n) is 5.15. The number of nitrogens with zero attached hydrogens (tertiary/aromatic N) is 3. The highest BCUT2D eigenvalue weighted by molar-refractivity contribution is 5.86. The molecule has 2 heterocycles. The molecule has 0 aliphatic carbocycles. The maximum absolute atomic E-state index is 5.45. The fourth-order valence-corrected chi connectivity index (χ4v) is 5.15. The molecule has 0 amide bonds. The van der Waals surface area contributed by atoms with Gasteiger partial charge in [-0.25, -0.2) is 0 Å². The molecule has 0 N–H and O–H groups in total. The van der Waals surface area contributed by atoms with Crippen LogP contribution in [0.2, 0.25) is 0 Å². The Labute approximate surface area is 187 Å². The molecule has 0 spiro atoms. The summed E-state index contributed by atoms with van der Waals surface area (Å²) in [6.07, 6.45) is 4.39. The van der Waals surface area contributed by atoms with E-state index >= 15 is 0 Å². The average Bonchev–Trinajstić information content (AvgIpc) is 2.76. The number of aliphatic imine (C=N–C) groups is 1. The normalized spacial score (nSPS) is 20.9. The predicted octanol–water partition coefficient (Wildman–Crippen LogP) is 6.08. The lowest BCUT2D eigenvalue weighted by molar-refractivity contribution is 0.122. The van der Waals surface area contributed by atoms with E-state index in [1.54, 1.807) is 0 Å². The zero-order valence-corrected chi connectivity index (χ0v) is 19.8. The molecular formula is C27H37N3O. The Morgan fingerprint density at radius 3 is 2.52 bits per heavy atom. The van der Waals surface area contributed by atoms with Crippen LogP contribution in [-0.2, 0) is 4.74 Å². The molecule has 1 fully saturated rings. The molecule has 1 saturated heterocycles. The molecule has 4 rings (SSSR count). The zero-order chi connectivity index (χ0) is 22.0. The Kier molecular flexibility index (Phi) is 6.38. The van der Waals surface area contributed by atoms with Crippen LogP contribution in [-0.4, -0.2) is 44.6 Å². The van der Waals surface area contributed by atoms with Crippen LogP contribution >= 0.6 is 0 Å². The first-order valence-corrected chi connectivity index (χ1v) is 11.8. The monoisotopic (exact) mass is 419 g/mol. The van der Waals surface area contributed by atoms with Crippen molar-refractivity contribution in [1.82, 2.24) is 0 Å². The van der Waals surface area contributed by atoms with Crippen molar-refractivity contribution in [3.63, 3.8) is 0 Å². The van der Waals surface area contributed by atoms with Gasteiger partial charge < -0.3 is 14.5 Å². The van der Waals surface area contributed by atoms with E-state index in [1.165, 1.54) is 40.9 Å². The Balaban J connectivity index is 1.57. The fraction of sp³-hybridized carbons (Fsp3) is 0.519. The second-order valence-corrected chi connectivity index (χ2v) is 9.71. The van der Waals surface area contributed by atoms with Gasteiger partial charge in [0.15, 0.2) is 0 Å². The van der Waals surface area contributed by atoms with Crippen molar-refractivity contribution >= 4 is 23.3 Å². The minimum absolute atomic E-state index is 0.201. The highest BCUT2D eigenvalue weighted by Crippen LogP contribution is 2.44. The van der Waals surface area contributed by atoms with E-state index < -0.39 is 0 Å². The molecule has 0 radical (unpaired) electrons. The second-order valence-electron chi connectivity index (χ2n) is 9.71. The highest BCUT2D eigenvalue weighted by atomic mass is 16.5. The lowest BCUT2D eigenvalue weighted by atomic mass is 9.79. The minimum Gasteiger partial charge on any atom is -0.378 e. The van der Waals surface area contributed by atoms with Gasteiger partial charge in [-0.3, -0.25) is 4.99 Å². The Morgan fingerprint density at radius 2 is 1.84 bits per heavy atom. The molecule has 166 valence electrons. The minimum atomic E-state index is 0.201. The quantitative estimate of drug-likeness (QED) is 0.549. The van der Waals surface area contributed by atoms with Crippen LogP contribution < -0.4 is 9.80 Å². The highest BCUT2D eigenvalue weighted by Gasteiger charge is 2.36. The largest absolute Gasteiger partial charge is 0.378 e. The molecule has 2 aliphatic rings. The molecule has 1 unspecified atom stereocenters. The summed E-state index contributed by atoms with van der Waals surface area (Å²) < 4.78 is 5.45. The van der Waals surface area contributed by atoms with Gasteiger partial charge in [0.25, 0.3) is 0 Å². The van der Waals surface area contributed by atoms with E-state index in [0.29, 0.717) is 5.92 Å². The number of aryl methyl sites for hydroxylation is 1. The summed E-state index contributed by atoms with van der Waals surface area (Å²) >= 11 is 0. The summed E-state index contributed by atoms with van der Waals surface area (Å²) in [6, 6.07) is 13.3. The topological polar surface area (TPSA) is 28.1 Å². The van der Waals surface area contributed by atoms with Crippen LogP contribution in [0.25, 0.3) is 0 Å². The zero-order valence-electron chi connectivity index (χ0n) is 19.8. The number of fused-ring (bicyclic) bond motifs is 1. The van der Waals surface area contributed by atoms with Gasteiger partial charge >= 0.3 is 0 Å². The van der Waals surface area contributed by atoms with E-state index in [1.807, 2.05) is 6.21 Å². The number of hydrogen-bond donors (Lipinski definition) is 0. The number of morpholine rings is 1. The molecular weight excluding hydrogens is 382 g/mol. The summed E-state index contributed by atoms with van der Waals surface area (Å²) in [5.74, 6) is 0.554. The summed E-state index contributed by atoms with van der Waals surface area (Å²) in [5.41, 5.74) is 7.83. The maximum atomic E-state index is 5.45. The average molecular weight is 420 g/mol. The number of anilines is 2. The van der Waals surface area contributed by atoms with Gasteiger partial charge in [-0.05, 0) is 92.6 Å². The lowest BCUT2D eigenvalue weighted by Gasteiger charge is -2.48. The van der Waals surface area contributed by atoms with Crippen molar-refractivity contribution in [1.29, 1.82) is 0 Å². The van der Waals surface area contributed by atoms with Crippen molar-refractivity contribution in [3.8, 4) is 0 Å². The molecule has 4 nitrogen and oxygen atoms in total. The Bertz CT molecular complexity index is 926. The van der Waals surface area contributed by atoms with Crippen LogP contribution in [0.3, 0.4) is 0 Å². The smallest absolute Gasteiger partial charge is 0.0642 e. The van der Waals surface area contributed by atoms with E-state index in [4.69, 9.17) is 9.73 Å². The van der Waals surface area contributed by atoms with E-state index in [-0.39, 0.29) is 5.54 Å². The van der Waals surface area contributed by atoms with Gasteiger partial charge in [0.1, 0.15) is 0 Å². The van der Waals surface area contributed by atoms with E-state index in [2.05, 4.69) is 80.8 Å². The molecule has 31 heavy (non-hydrogen) atoms. The molecule has 0 bridgehead atoms. The van der Waals surface area contributed by atoms with Crippen LogP contribution in [0, 0.1) is 6.92 Å². The van der Waals surface area contributed by atoms with Gasteiger partial charge in [-0.15, -0.1) is 0 Å². The van der Waals surface area contributed by atoms with Crippen molar-refractivity contribution in [2.45, 2.75) is 58.9 Å². The summed E-state index contributed by atoms with van der Waals surface area (Å²) in [6.45, 7) is 16.2. The van der Waals surface area contributed by atoms with Crippen molar-refractivity contribution in [2.24, 2.45) is 4.99 Å². The first-order valence-electron chi connectivity index (χ1n) is 11.8. The first-order chi connectivity index (χ1) is 14.9. The number of ether oxygens (including phenoxy) is 1. The van der Waals surface area contributed by atoms with Crippen LogP contribution in [0.15, 0.2) is 41.4 Å². The van der Waals surface area contributed by atoms with Gasteiger partial charge in [0.2, 0.25) is 0 Å². The first kappa shape index (κ1) is 21.9. The van der Waals surface area contributed by atoms with Gasteiger partial charge in [0.05, 0.1) is 18.9 Å². The Morgan fingerprint density at radius 1 is 1.13 bits per heavy atom. The lowest BCUT2D eigenvalue weighted by Crippen LogP contribution is -2.48. The third-order valence-electron chi connectivity index (χ3n) is 6.80. The Hall–Kier alpha value is -2.33. The number of rotatable bonds is 5. The standard InChI is InChI=1S/C27H37N3O/c1-6-11-30-26-16-20(2)22(17-25(26)21(3)18-27(30,4)5)19-28-23-7-9-24(10-8-23)29-12-14-31-15-13-29/h7-10,16-17,19,21H,6,11-15,18H2,1-5H3. The number of benzene rings is 2. The molecule has 4 heteroatoms. The van der Waals surface area contributed by atoms with Crippen molar-refractivity contribution in [2.75, 3.05) is 42.6 Å². The summed E-state index contributed by atoms with van der Waals surface area (Å²) in [5, 5.41) is 0. The molecule has 2 aliphatic heterocycles. The van der Waals surface area contributed by atoms with Gasteiger partial charge in [-0.2, -0.15) is 0 Å².